The van der Waals surface area contributed by atoms with Gasteiger partial charge in [0.25, 0.3) is 0 Å². The van der Waals surface area contributed by atoms with Crippen LogP contribution < -0.4 is 0 Å². The van der Waals surface area contributed by atoms with Gasteiger partial charge in [0.05, 0.1) is 0 Å². The van der Waals surface area contributed by atoms with E-state index in [0.29, 0.717) is 0 Å². The number of aromatic nitrogens is 3. The largest absolute Gasteiger partial charge is 0.232 e. The Hall–Kier alpha value is -0.680. The second-order valence-electron chi connectivity index (χ2n) is 1.82. The number of hydrogen-bond donors (Lipinski definition) is 0. The topological polar surface area (TPSA) is 38.7 Å². The summed E-state index contributed by atoms with van der Waals surface area (Å²) in [5.41, 5.74) is 0.766. The van der Waals surface area contributed by atoms with Crippen LogP contribution in [-0.2, 0) is 0 Å². The van der Waals surface area contributed by atoms with Crippen LogP contribution >= 0.6 is 23.1 Å². The van der Waals surface area contributed by atoms with Crippen LogP contribution in [-0.4, -0.2) is 21.2 Å². The van der Waals surface area contributed by atoms with E-state index in [-0.39, 0.29) is 0 Å². The standard InChI is InChI=1S/C6H4N3S2/c1-10-6-9-4-2-7-3-8-5(4)11-6/h3H,1H3. The highest BCUT2D eigenvalue weighted by atomic mass is 32.2. The Labute approximate surface area is 71.9 Å². The lowest BCUT2D eigenvalue weighted by Gasteiger charge is -1.78. The fraction of sp³-hybridized carbons (Fsp3) is 0.167. The van der Waals surface area contributed by atoms with Gasteiger partial charge in [-0.3, -0.25) is 0 Å². The van der Waals surface area contributed by atoms with Crippen LogP contribution in [0.2, 0.25) is 0 Å². The molecule has 55 valence electrons. The van der Waals surface area contributed by atoms with Gasteiger partial charge in [-0.25, -0.2) is 15.0 Å². The van der Waals surface area contributed by atoms with E-state index in [4.69, 9.17) is 0 Å². The molecule has 0 unspecified atom stereocenters. The van der Waals surface area contributed by atoms with Gasteiger partial charge in [0.1, 0.15) is 22.9 Å². The van der Waals surface area contributed by atoms with Crippen LogP contribution in [0.4, 0.5) is 0 Å². The molecule has 0 spiro atoms. The zero-order valence-corrected chi connectivity index (χ0v) is 7.37. The number of thioether (sulfide) groups is 1. The lowest BCUT2D eigenvalue weighted by molar-refractivity contribution is 1.19. The van der Waals surface area contributed by atoms with Gasteiger partial charge >= 0.3 is 0 Å². The summed E-state index contributed by atoms with van der Waals surface area (Å²) in [4.78, 5) is 12.9. The first-order valence-corrected chi connectivity index (χ1v) is 4.97. The van der Waals surface area contributed by atoms with E-state index in [1.807, 2.05) is 6.26 Å². The van der Waals surface area contributed by atoms with E-state index in [1.165, 1.54) is 6.33 Å². The highest BCUT2D eigenvalue weighted by molar-refractivity contribution is 8.00. The summed E-state index contributed by atoms with van der Waals surface area (Å²) >= 11 is 3.18. The van der Waals surface area contributed by atoms with Crippen LogP contribution in [0.15, 0.2) is 10.7 Å². The van der Waals surface area contributed by atoms with Gasteiger partial charge in [0.2, 0.25) is 0 Å². The Kier molecular flexibility index (Phi) is 1.75. The van der Waals surface area contributed by atoms with Gasteiger partial charge < -0.3 is 0 Å². The molecular weight excluding hydrogens is 178 g/mol. The second kappa shape index (κ2) is 2.75. The van der Waals surface area contributed by atoms with Gasteiger partial charge in [-0.2, -0.15) is 0 Å². The SMILES string of the molecule is CSc1nc2[c]ncnc2s1. The molecule has 11 heavy (non-hydrogen) atoms. The Morgan fingerprint density at radius 3 is 3.27 bits per heavy atom. The molecule has 2 aromatic heterocycles. The van der Waals surface area contributed by atoms with Crippen molar-refractivity contribution in [1.29, 1.82) is 0 Å². The molecule has 0 aliphatic rings. The minimum Gasteiger partial charge on any atom is -0.232 e. The molecule has 0 saturated carbocycles. The van der Waals surface area contributed by atoms with Crippen LogP contribution in [0.3, 0.4) is 0 Å². The van der Waals surface area contributed by atoms with Gasteiger partial charge in [0.15, 0.2) is 4.34 Å². The fourth-order valence-electron chi connectivity index (χ4n) is 0.712. The zero-order chi connectivity index (χ0) is 7.68. The third-order valence-corrected chi connectivity index (χ3v) is 3.12. The summed E-state index contributed by atoms with van der Waals surface area (Å²) in [6, 6.07) is 0. The minimum atomic E-state index is 0.766. The van der Waals surface area contributed by atoms with Crippen LogP contribution in [0.1, 0.15) is 0 Å². The van der Waals surface area contributed by atoms with E-state index in [9.17, 15) is 0 Å². The third-order valence-electron chi connectivity index (χ3n) is 1.17. The van der Waals surface area contributed by atoms with E-state index < -0.39 is 0 Å². The molecule has 1 radical (unpaired) electrons. The lowest BCUT2D eigenvalue weighted by atomic mass is 10.6. The van der Waals surface area contributed by atoms with Crippen LogP contribution in [0, 0.1) is 6.20 Å². The quantitative estimate of drug-likeness (QED) is 0.628. The van der Waals surface area contributed by atoms with Crippen molar-refractivity contribution in [2.24, 2.45) is 0 Å². The molecule has 2 heterocycles. The van der Waals surface area contributed by atoms with Crippen molar-refractivity contribution in [2.45, 2.75) is 4.34 Å². The molecule has 0 saturated heterocycles. The maximum atomic E-state index is 4.23. The fourth-order valence-corrected chi connectivity index (χ4v) is 2.05. The van der Waals surface area contributed by atoms with Crippen molar-refractivity contribution in [3.05, 3.63) is 12.5 Å². The summed E-state index contributed by atoms with van der Waals surface area (Å²) in [5, 5.41) is 0. The molecule has 2 rings (SSSR count). The van der Waals surface area contributed by atoms with E-state index in [0.717, 1.165) is 14.7 Å². The summed E-state index contributed by atoms with van der Waals surface area (Å²) in [6.07, 6.45) is 6.26. The van der Waals surface area contributed by atoms with Crippen molar-refractivity contribution in [3.63, 3.8) is 0 Å². The number of rotatable bonds is 1. The first kappa shape index (κ1) is 7.00. The first-order chi connectivity index (χ1) is 5.40. The normalized spacial score (nSPS) is 10.6. The smallest absolute Gasteiger partial charge is 0.152 e. The number of fused-ring (bicyclic) bond motifs is 1. The van der Waals surface area contributed by atoms with Gasteiger partial charge in [0, 0.05) is 0 Å². The lowest BCUT2D eigenvalue weighted by Crippen LogP contribution is -1.75. The Morgan fingerprint density at radius 2 is 2.55 bits per heavy atom. The molecule has 5 heteroatoms. The summed E-state index contributed by atoms with van der Waals surface area (Å²) in [5.74, 6) is 0. The average molecular weight is 182 g/mol. The van der Waals surface area contributed by atoms with Crippen molar-refractivity contribution in [2.75, 3.05) is 6.26 Å². The van der Waals surface area contributed by atoms with Crippen molar-refractivity contribution >= 4 is 33.4 Å². The molecule has 0 aliphatic heterocycles. The zero-order valence-electron chi connectivity index (χ0n) is 5.74. The monoisotopic (exact) mass is 182 g/mol. The molecule has 3 nitrogen and oxygen atoms in total. The highest BCUT2D eigenvalue weighted by Crippen LogP contribution is 2.24. The maximum Gasteiger partial charge on any atom is 0.152 e. The number of nitrogens with zero attached hydrogens (tertiary/aromatic N) is 3. The maximum absolute atomic E-state index is 4.23. The molecule has 0 amide bonds. The molecule has 2 aromatic rings. The molecule has 0 aliphatic carbocycles. The predicted molar refractivity (Wildman–Crippen MR) is 45.8 cm³/mol. The summed E-state index contributed by atoms with van der Waals surface area (Å²) < 4.78 is 1.01. The molecule has 0 N–H and O–H groups in total. The third kappa shape index (κ3) is 1.21. The molecular formula is C6H4N3S2. The Balaban J connectivity index is 2.69. The number of thiazole rings is 1. The summed E-state index contributed by atoms with van der Waals surface area (Å²) in [6.45, 7) is 0. The van der Waals surface area contributed by atoms with E-state index in [1.54, 1.807) is 23.1 Å². The van der Waals surface area contributed by atoms with Crippen molar-refractivity contribution in [1.82, 2.24) is 15.0 Å². The molecule has 0 atom stereocenters. The second-order valence-corrected chi connectivity index (χ2v) is 3.85. The molecule has 0 aromatic carbocycles. The summed E-state index contributed by atoms with van der Waals surface area (Å²) in [7, 11) is 0. The Morgan fingerprint density at radius 1 is 1.64 bits per heavy atom. The van der Waals surface area contributed by atoms with Crippen molar-refractivity contribution < 1.29 is 0 Å². The van der Waals surface area contributed by atoms with E-state index >= 15 is 0 Å². The first-order valence-electron chi connectivity index (χ1n) is 2.93. The van der Waals surface area contributed by atoms with E-state index in [2.05, 4.69) is 21.1 Å². The van der Waals surface area contributed by atoms with Gasteiger partial charge in [-0.05, 0) is 6.26 Å². The Bertz CT molecular complexity index is 338. The number of hydrogen-bond acceptors (Lipinski definition) is 5. The highest BCUT2D eigenvalue weighted by Gasteiger charge is 2.02. The van der Waals surface area contributed by atoms with Crippen molar-refractivity contribution in [3.8, 4) is 0 Å². The van der Waals surface area contributed by atoms with Crippen LogP contribution in [0.5, 0.6) is 0 Å². The van der Waals surface area contributed by atoms with Crippen LogP contribution in [0.25, 0.3) is 10.3 Å². The van der Waals surface area contributed by atoms with Gasteiger partial charge in [-0.1, -0.05) is 23.1 Å². The van der Waals surface area contributed by atoms with Gasteiger partial charge in [-0.15, -0.1) is 0 Å². The predicted octanol–water partition coefficient (Wildman–Crippen LogP) is 1.61. The minimum absolute atomic E-state index is 0.766. The molecule has 0 bridgehead atoms. The average Bonchev–Trinajstić information content (AvgIpc) is 2.46. The molecule has 0 fully saturated rings.